The number of benzene rings is 1. The second-order valence-corrected chi connectivity index (χ2v) is 4.37. The summed E-state index contributed by atoms with van der Waals surface area (Å²) in [6.07, 6.45) is 5.85. The highest BCUT2D eigenvalue weighted by Gasteiger charge is 2.03. The van der Waals surface area contributed by atoms with E-state index in [2.05, 4.69) is 12.2 Å². The molecule has 0 bridgehead atoms. The molecule has 0 aliphatic heterocycles. The van der Waals surface area contributed by atoms with E-state index in [1.54, 1.807) is 6.07 Å². The molecule has 1 amide bonds. The molecule has 0 atom stereocenters. The lowest BCUT2D eigenvalue weighted by Crippen LogP contribution is -2.21. The first-order chi connectivity index (χ1) is 8.65. The van der Waals surface area contributed by atoms with Crippen LogP contribution < -0.4 is 5.32 Å². The van der Waals surface area contributed by atoms with Gasteiger partial charge in [-0.25, -0.2) is 4.39 Å². The van der Waals surface area contributed by atoms with Crippen molar-refractivity contribution in [2.45, 2.75) is 26.2 Å². The molecule has 18 heavy (non-hydrogen) atoms. The summed E-state index contributed by atoms with van der Waals surface area (Å²) in [6, 6.07) is 4.42. The maximum atomic E-state index is 13.4. The van der Waals surface area contributed by atoms with E-state index in [4.69, 9.17) is 11.6 Å². The Hall–Kier alpha value is -1.35. The van der Waals surface area contributed by atoms with Gasteiger partial charge in [0.05, 0.1) is 5.02 Å². The highest BCUT2D eigenvalue weighted by atomic mass is 35.5. The first-order valence-corrected chi connectivity index (χ1v) is 6.43. The molecule has 0 fully saturated rings. The number of halogens is 2. The summed E-state index contributed by atoms with van der Waals surface area (Å²) in [5.74, 6) is -0.664. The van der Waals surface area contributed by atoms with Crippen molar-refractivity contribution >= 4 is 23.6 Å². The van der Waals surface area contributed by atoms with E-state index in [0.29, 0.717) is 11.6 Å². The van der Waals surface area contributed by atoms with Crippen LogP contribution in [0, 0.1) is 5.82 Å². The largest absolute Gasteiger partial charge is 0.353 e. The Kier molecular flexibility index (Phi) is 6.44. The smallest absolute Gasteiger partial charge is 0.244 e. The molecule has 1 N–H and O–H groups in total. The summed E-state index contributed by atoms with van der Waals surface area (Å²) in [4.78, 5) is 11.4. The molecular formula is C14H17ClFNO. The van der Waals surface area contributed by atoms with E-state index < -0.39 is 5.82 Å². The van der Waals surface area contributed by atoms with Crippen LogP contribution in [0.15, 0.2) is 24.3 Å². The van der Waals surface area contributed by atoms with Gasteiger partial charge < -0.3 is 5.32 Å². The predicted octanol–water partition coefficient (Wildman–Crippen LogP) is 3.80. The van der Waals surface area contributed by atoms with Crippen molar-refractivity contribution in [3.8, 4) is 0 Å². The van der Waals surface area contributed by atoms with E-state index in [9.17, 15) is 9.18 Å². The topological polar surface area (TPSA) is 29.1 Å². The van der Waals surface area contributed by atoms with Crippen LogP contribution in [0.1, 0.15) is 31.7 Å². The Labute approximate surface area is 112 Å². The van der Waals surface area contributed by atoms with Crippen molar-refractivity contribution in [1.82, 2.24) is 5.32 Å². The highest BCUT2D eigenvalue weighted by Crippen LogP contribution is 2.20. The van der Waals surface area contributed by atoms with Crippen molar-refractivity contribution in [3.63, 3.8) is 0 Å². The minimum absolute atomic E-state index is 0.231. The molecule has 0 saturated heterocycles. The van der Waals surface area contributed by atoms with Gasteiger partial charge >= 0.3 is 0 Å². The number of carbonyl (C=O) groups excluding carboxylic acids is 1. The van der Waals surface area contributed by atoms with Gasteiger partial charge in [-0.05, 0) is 24.6 Å². The average molecular weight is 270 g/mol. The molecule has 0 unspecified atom stereocenters. The number of unbranched alkanes of at least 4 members (excludes halogenated alkanes) is 2. The summed E-state index contributed by atoms with van der Waals surface area (Å²) in [5, 5.41) is 3.03. The number of hydrogen-bond acceptors (Lipinski definition) is 1. The molecule has 0 saturated carbocycles. The zero-order valence-corrected chi connectivity index (χ0v) is 11.1. The lowest BCUT2D eigenvalue weighted by molar-refractivity contribution is -0.116. The van der Waals surface area contributed by atoms with Crippen molar-refractivity contribution < 1.29 is 9.18 Å². The van der Waals surface area contributed by atoms with E-state index in [1.165, 1.54) is 24.3 Å². The summed E-state index contributed by atoms with van der Waals surface area (Å²) >= 11 is 5.84. The molecular weight excluding hydrogens is 253 g/mol. The lowest BCUT2D eigenvalue weighted by atomic mass is 10.2. The quantitative estimate of drug-likeness (QED) is 0.618. The zero-order chi connectivity index (χ0) is 13.4. The van der Waals surface area contributed by atoms with Crippen LogP contribution in [-0.2, 0) is 4.79 Å². The summed E-state index contributed by atoms with van der Waals surface area (Å²) < 4.78 is 13.4. The Morgan fingerprint density at radius 2 is 2.22 bits per heavy atom. The molecule has 0 aliphatic rings. The van der Waals surface area contributed by atoms with Crippen LogP contribution in [-0.4, -0.2) is 12.5 Å². The second-order valence-electron chi connectivity index (χ2n) is 3.97. The Morgan fingerprint density at radius 1 is 1.44 bits per heavy atom. The van der Waals surface area contributed by atoms with Crippen LogP contribution in [0.3, 0.4) is 0 Å². The number of rotatable bonds is 6. The maximum absolute atomic E-state index is 13.4. The molecule has 0 aromatic heterocycles. The average Bonchev–Trinajstić information content (AvgIpc) is 2.34. The van der Waals surface area contributed by atoms with Gasteiger partial charge in [-0.3, -0.25) is 4.79 Å². The van der Waals surface area contributed by atoms with E-state index in [-0.39, 0.29) is 11.5 Å². The third-order valence-corrected chi connectivity index (χ3v) is 2.81. The SMILES string of the molecule is CCCCCNC(=O)C=Cc1c(F)cccc1Cl. The minimum Gasteiger partial charge on any atom is -0.353 e. The van der Waals surface area contributed by atoms with Gasteiger partial charge in [0.1, 0.15) is 5.82 Å². The highest BCUT2D eigenvalue weighted by molar-refractivity contribution is 6.32. The van der Waals surface area contributed by atoms with Crippen LogP contribution in [0.2, 0.25) is 5.02 Å². The van der Waals surface area contributed by atoms with Crippen LogP contribution in [0.4, 0.5) is 4.39 Å². The lowest BCUT2D eigenvalue weighted by Gasteiger charge is -2.01. The number of carbonyl (C=O) groups is 1. The zero-order valence-electron chi connectivity index (χ0n) is 10.4. The van der Waals surface area contributed by atoms with Gasteiger partial charge in [0.25, 0.3) is 0 Å². The molecule has 1 rings (SSSR count). The van der Waals surface area contributed by atoms with Crippen molar-refractivity contribution in [2.75, 3.05) is 6.54 Å². The van der Waals surface area contributed by atoms with Gasteiger partial charge in [-0.2, -0.15) is 0 Å². The van der Waals surface area contributed by atoms with Crippen LogP contribution >= 0.6 is 11.6 Å². The molecule has 0 radical (unpaired) electrons. The third-order valence-electron chi connectivity index (χ3n) is 2.48. The van der Waals surface area contributed by atoms with Crippen molar-refractivity contribution in [2.24, 2.45) is 0 Å². The van der Waals surface area contributed by atoms with Gasteiger partial charge in [0.15, 0.2) is 0 Å². The van der Waals surface area contributed by atoms with Crippen molar-refractivity contribution in [1.29, 1.82) is 0 Å². The van der Waals surface area contributed by atoms with Gasteiger partial charge in [-0.15, -0.1) is 0 Å². The van der Waals surface area contributed by atoms with Crippen LogP contribution in [0.5, 0.6) is 0 Å². The minimum atomic E-state index is -0.433. The van der Waals surface area contributed by atoms with Crippen molar-refractivity contribution in [3.05, 3.63) is 40.7 Å². The van der Waals surface area contributed by atoms with Gasteiger partial charge in [0.2, 0.25) is 5.91 Å². The van der Waals surface area contributed by atoms with Crippen LogP contribution in [0.25, 0.3) is 6.08 Å². The fourth-order valence-electron chi connectivity index (χ4n) is 1.47. The standard InChI is InChI=1S/C14H17ClFNO/c1-2-3-4-10-17-14(18)9-8-11-12(15)6-5-7-13(11)16/h5-9H,2-4,10H2,1H3,(H,17,18). The van der Waals surface area contributed by atoms with E-state index in [0.717, 1.165) is 19.3 Å². The third kappa shape index (κ3) is 4.88. The summed E-state index contributed by atoms with van der Waals surface area (Å²) in [7, 11) is 0. The van der Waals surface area contributed by atoms with E-state index >= 15 is 0 Å². The monoisotopic (exact) mass is 269 g/mol. The van der Waals surface area contributed by atoms with Gasteiger partial charge in [-0.1, -0.05) is 37.4 Å². The Morgan fingerprint density at radius 3 is 2.89 bits per heavy atom. The Bertz CT molecular complexity index is 412. The second kappa shape index (κ2) is 7.88. The maximum Gasteiger partial charge on any atom is 0.244 e. The normalized spacial score (nSPS) is 10.8. The van der Waals surface area contributed by atoms with Gasteiger partial charge in [0, 0.05) is 18.2 Å². The molecule has 98 valence electrons. The fourth-order valence-corrected chi connectivity index (χ4v) is 1.70. The number of nitrogens with one attached hydrogen (secondary N) is 1. The number of amides is 1. The number of hydrogen-bond donors (Lipinski definition) is 1. The molecule has 2 nitrogen and oxygen atoms in total. The first-order valence-electron chi connectivity index (χ1n) is 6.05. The molecule has 0 aliphatic carbocycles. The Balaban J connectivity index is 2.51. The summed E-state index contributed by atoms with van der Waals surface area (Å²) in [6.45, 7) is 2.74. The molecule has 1 aromatic rings. The molecule has 0 heterocycles. The molecule has 0 spiro atoms. The fraction of sp³-hybridized carbons (Fsp3) is 0.357. The predicted molar refractivity (Wildman–Crippen MR) is 73.0 cm³/mol. The first kappa shape index (κ1) is 14.7. The summed E-state index contributed by atoms with van der Waals surface area (Å²) in [5.41, 5.74) is 0.239. The van der Waals surface area contributed by atoms with E-state index in [1.807, 2.05) is 0 Å². The molecule has 4 heteroatoms. The molecule has 1 aromatic carbocycles.